The average Bonchev–Trinajstić information content (AvgIpc) is 2.80. The second-order valence-electron chi connectivity index (χ2n) is 7.17. The summed E-state index contributed by atoms with van der Waals surface area (Å²) in [6.45, 7) is 0.229. The third-order valence-corrected chi connectivity index (χ3v) is 6.70. The van der Waals surface area contributed by atoms with E-state index in [1.54, 1.807) is 44.5 Å². The summed E-state index contributed by atoms with van der Waals surface area (Å²) in [7, 11) is -0.575. The molecular formula is C24H26N2O4S. The Kier molecular flexibility index (Phi) is 7.44. The van der Waals surface area contributed by atoms with Crippen LogP contribution in [0.25, 0.3) is 0 Å². The minimum atomic E-state index is -3.84. The van der Waals surface area contributed by atoms with Crippen molar-refractivity contribution in [1.29, 1.82) is 0 Å². The maximum absolute atomic E-state index is 13.3. The van der Waals surface area contributed by atoms with Crippen molar-refractivity contribution in [1.82, 2.24) is 9.21 Å². The van der Waals surface area contributed by atoms with Gasteiger partial charge in [-0.2, -0.15) is 4.31 Å². The van der Waals surface area contributed by atoms with Crippen LogP contribution in [0, 0.1) is 0 Å². The number of nitrogens with zero attached hydrogens (tertiary/aromatic N) is 2. The van der Waals surface area contributed by atoms with Gasteiger partial charge in [-0.3, -0.25) is 4.79 Å². The highest BCUT2D eigenvalue weighted by Crippen LogP contribution is 2.19. The summed E-state index contributed by atoms with van der Waals surface area (Å²) in [4.78, 5) is 14.6. The molecule has 0 saturated heterocycles. The van der Waals surface area contributed by atoms with Crippen molar-refractivity contribution in [2.75, 3.05) is 20.7 Å². The van der Waals surface area contributed by atoms with Gasteiger partial charge in [0.2, 0.25) is 15.9 Å². The van der Waals surface area contributed by atoms with Crippen LogP contribution in [0.5, 0.6) is 5.75 Å². The Hall–Kier alpha value is -3.16. The van der Waals surface area contributed by atoms with Gasteiger partial charge in [0.05, 0.1) is 18.6 Å². The lowest BCUT2D eigenvalue weighted by Gasteiger charge is -2.25. The first-order valence-electron chi connectivity index (χ1n) is 9.86. The molecule has 0 unspecified atom stereocenters. The number of hydrogen-bond acceptors (Lipinski definition) is 4. The molecule has 0 atom stereocenters. The number of ether oxygens (including phenoxy) is 1. The van der Waals surface area contributed by atoms with Crippen LogP contribution in [-0.2, 0) is 27.9 Å². The third-order valence-electron chi connectivity index (χ3n) is 4.90. The van der Waals surface area contributed by atoms with Gasteiger partial charge in [0, 0.05) is 20.1 Å². The molecule has 3 rings (SSSR count). The molecule has 7 heteroatoms. The Morgan fingerprint density at radius 3 is 1.94 bits per heavy atom. The molecule has 0 aromatic heterocycles. The molecule has 3 aromatic carbocycles. The van der Waals surface area contributed by atoms with E-state index in [-0.39, 0.29) is 23.9 Å². The van der Waals surface area contributed by atoms with Gasteiger partial charge in [0.1, 0.15) is 5.75 Å². The first-order chi connectivity index (χ1) is 14.9. The average molecular weight is 439 g/mol. The highest BCUT2D eigenvalue weighted by Gasteiger charge is 2.28. The highest BCUT2D eigenvalue weighted by molar-refractivity contribution is 7.89. The minimum Gasteiger partial charge on any atom is -0.497 e. The summed E-state index contributed by atoms with van der Waals surface area (Å²) in [5.74, 6) is 0.451. The van der Waals surface area contributed by atoms with Crippen LogP contribution < -0.4 is 4.74 Å². The highest BCUT2D eigenvalue weighted by atomic mass is 32.2. The summed E-state index contributed by atoms with van der Waals surface area (Å²) in [6, 6.07) is 24.9. The van der Waals surface area contributed by atoms with E-state index >= 15 is 0 Å². The fraction of sp³-hybridized carbons (Fsp3) is 0.208. The molecule has 1 amide bonds. The molecule has 31 heavy (non-hydrogen) atoms. The van der Waals surface area contributed by atoms with E-state index in [1.807, 2.05) is 54.6 Å². The van der Waals surface area contributed by atoms with Crippen LogP contribution >= 0.6 is 0 Å². The Morgan fingerprint density at radius 1 is 0.806 bits per heavy atom. The van der Waals surface area contributed by atoms with E-state index in [1.165, 1.54) is 9.21 Å². The fourth-order valence-electron chi connectivity index (χ4n) is 3.12. The first kappa shape index (κ1) is 22.5. The molecule has 162 valence electrons. The molecule has 0 bridgehead atoms. The molecule has 0 aliphatic carbocycles. The van der Waals surface area contributed by atoms with E-state index in [2.05, 4.69) is 0 Å². The molecule has 0 heterocycles. The largest absolute Gasteiger partial charge is 0.497 e. The summed E-state index contributed by atoms with van der Waals surface area (Å²) in [6.07, 6.45) is 0. The Balaban J connectivity index is 1.79. The van der Waals surface area contributed by atoms with Crippen molar-refractivity contribution in [2.24, 2.45) is 0 Å². The minimum absolute atomic E-state index is 0.111. The number of likely N-dealkylation sites (N-methyl/N-ethyl adjacent to an activating group) is 1. The van der Waals surface area contributed by atoms with Crippen molar-refractivity contribution >= 4 is 15.9 Å². The second kappa shape index (κ2) is 10.2. The zero-order valence-electron chi connectivity index (χ0n) is 17.6. The standard InChI is InChI=1S/C24H26N2O4S/c1-25(17-21-13-15-22(30-2)16-14-21)24(27)19-26(18-20-9-5-3-6-10-20)31(28,29)23-11-7-4-8-12-23/h3-16H,17-19H2,1-2H3. The third kappa shape index (κ3) is 5.93. The number of carbonyl (C=O) groups excluding carboxylic acids is 1. The predicted molar refractivity (Wildman–Crippen MR) is 120 cm³/mol. The zero-order valence-corrected chi connectivity index (χ0v) is 18.5. The fourth-order valence-corrected chi connectivity index (χ4v) is 4.52. The molecule has 0 fully saturated rings. The van der Waals surface area contributed by atoms with Crippen LogP contribution in [0.4, 0.5) is 0 Å². The molecule has 3 aromatic rings. The van der Waals surface area contributed by atoms with Gasteiger partial charge in [-0.05, 0) is 35.4 Å². The van der Waals surface area contributed by atoms with Crippen LogP contribution in [0.3, 0.4) is 0 Å². The number of hydrogen-bond donors (Lipinski definition) is 0. The molecule has 0 aliphatic rings. The van der Waals surface area contributed by atoms with E-state index in [0.717, 1.165) is 16.9 Å². The van der Waals surface area contributed by atoms with E-state index in [0.29, 0.717) is 6.54 Å². The first-order valence-corrected chi connectivity index (χ1v) is 11.3. The predicted octanol–water partition coefficient (Wildman–Crippen LogP) is 3.54. The van der Waals surface area contributed by atoms with E-state index < -0.39 is 10.0 Å². The normalized spacial score (nSPS) is 11.3. The Labute approximate surface area is 183 Å². The van der Waals surface area contributed by atoms with Crippen molar-refractivity contribution < 1.29 is 17.9 Å². The molecule has 6 nitrogen and oxygen atoms in total. The molecule has 0 radical (unpaired) electrons. The monoisotopic (exact) mass is 438 g/mol. The van der Waals surface area contributed by atoms with Gasteiger partial charge in [0.15, 0.2) is 0 Å². The quantitative estimate of drug-likeness (QED) is 0.513. The molecular weight excluding hydrogens is 412 g/mol. The van der Waals surface area contributed by atoms with Crippen molar-refractivity contribution in [3.05, 3.63) is 96.1 Å². The Morgan fingerprint density at radius 2 is 1.35 bits per heavy atom. The van der Waals surface area contributed by atoms with Gasteiger partial charge < -0.3 is 9.64 Å². The molecule has 0 spiro atoms. The maximum Gasteiger partial charge on any atom is 0.243 e. The Bertz CT molecular complexity index is 1090. The lowest BCUT2D eigenvalue weighted by Crippen LogP contribution is -2.40. The number of benzene rings is 3. The van der Waals surface area contributed by atoms with E-state index in [4.69, 9.17) is 4.74 Å². The van der Waals surface area contributed by atoms with Crippen molar-refractivity contribution in [2.45, 2.75) is 18.0 Å². The topological polar surface area (TPSA) is 66.9 Å². The zero-order chi connectivity index (χ0) is 22.3. The van der Waals surface area contributed by atoms with Gasteiger partial charge in [-0.15, -0.1) is 0 Å². The number of methoxy groups -OCH3 is 1. The van der Waals surface area contributed by atoms with Crippen molar-refractivity contribution in [3.63, 3.8) is 0 Å². The van der Waals surface area contributed by atoms with E-state index in [9.17, 15) is 13.2 Å². The lowest BCUT2D eigenvalue weighted by atomic mass is 10.2. The van der Waals surface area contributed by atoms with Crippen LogP contribution in [0.2, 0.25) is 0 Å². The molecule has 0 aliphatic heterocycles. The van der Waals surface area contributed by atoms with Gasteiger partial charge >= 0.3 is 0 Å². The summed E-state index contributed by atoms with van der Waals surface area (Å²) in [5, 5.41) is 0. The maximum atomic E-state index is 13.3. The molecule has 0 saturated carbocycles. The smallest absolute Gasteiger partial charge is 0.243 e. The number of sulfonamides is 1. The number of rotatable bonds is 9. The second-order valence-corrected chi connectivity index (χ2v) is 9.11. The van der Waals surface area contributed by atoms with Crippen LogP contribution in [-0.4, -0.2) is 44.2 Å². The van der Waals surface area contributed by atoms with Crippen molar-refractivity contribution in [3.8, 4) is 5.75 Å². The summed E-state index contributed by atoms with van der Waals surface area (Å²) in [5.41, 5.74) is 1.74. The SMILES string of the molecule is COc1ccc(CN(C)C(=O)CN(Cc2ccccc2)S(=O)(=O)c2ccccc2)cc1. The summed E-state index contributed by atoms with van der Waals surface area (Å²) < 4.78 is 32.9. The van der Waals surface area contributed by atoms with Gasteiger partial charge in [-0.25, -0.2) is 8.42 Å². The molecule has 0 N–H and O–H groups in total. The lowest BCUT2D eigenvalue weighted by molar-refractivity contribution is -0.130. The van der Waals surface area contributed by atoms with Gasteiger partial charge in [-0.1, -0.05) is 60.7 Å². The number of carbonyl (C=O) groups is 1. The van der Waals surface area contributed by atoms with Crippen LogP contribution in [0.15, 0.2) is 89.8 Å². The number of amides is 1. The van der Waals surface area contributed by atoms with Crippen LogP contribution in [0.1, 0.15) is 11.1 Å². The van der Waals surface area contributed by atoms with Gasteiger partial charge in [0.25, 0.3) is 0 Å². The summed E-state index contributed by atoms with van der Waals surface area (Å²) >= 11 is 0.